The molecule has 1 aromatic heterocycles. The van der Waals surface area contributed by atoms with E-state index in [-0.39, 0.29) is 11.5 Å². The molecular weight excluding hydrogens is 372 g/mol. The predicted octanol–water partition coefficient (Wildman–Crippen LogP) is 1.49. The SMILES string of the molecule is COC1(C)CCN(C(=O)C2CC3(CO2)CN(c2nc(C)cc(C)n2)CCO3)CC1. The second-order valence-electron chi connectivity index (χ2n) is 8.89. The van der Waals surface area contributed by atoms with Crippen LogP contribution in [0.15, 0.2) is 6.07 Å². The van der Waals surface area contributed by atoms with Crippen LogP contribution in [0.25, 0.3) is 0 Å². The van der Waals surface area contributed by atoms with Gasteiger partial charge in [-0.25, -0.2) is 9.97 Å². The number of carbonyl (C=O) groups is 1. The number of hydrogen-bond acceptors (Lipinski definition) is 7. The minimum Gasteiger partial charge on any atom is -0.378 e. The number of carbonyl (C=O) groups excluding carboxylic acids is 1. The summed E-state index contributed by atoms with van der Waals surface area (Å²) in [5.74, 6) is 0.804. The number of methoxy groups -OCH3 is 1. The molecule has 8 heteroatoms. The van der Waals surface area contributed by atoms with Crippen molar-refractivity contribution in [1.29, 1.82) is 0 Å². The van der Waals surface area contributed by atoms with Crippen molar-refractivity contribution in [2.24, 2.45) is 0 Å². The van der Waals surface area contributed by atoms with E-state index in [1.54, 1.807) is 7.11 Å². The summed E-state index contributed by atoms with van der Waals surface area (Å²) in [4.78, 5) is 26.3. The molecule has 3 aliphatic heterocycles. The first-order valence-corrected chi connectivity index (χ1v) is 10.5. The molecule has 4 heterocycles. The highest BCUT2D eigenvalue weighted by atomic mass is 16.6. The Labute approximate surface area is 172 Å². The number of ether oxygens (including phenoxy) is 3. The van der Waals surface area contributed by atoms with Gasteiger partial charge in [0.05, 0.1) is 25.4 Å². The molecule has 3 saturated heterocycles. The lowest BCUT2D eigenvalue weighted by Gasteiger charge is -2.40. The third-order valence-electron chi connectivity index (χ3n) is 6.51. The van der Waals surface area contributed by atoms with Gasteiger partial charge < -0.3 is 24.0 Å². The van der Waals surface area contributed by atoms with Crippen molar-refractivity contribution in [3.63, 3.8) is 0 Å². The number of aromatic nitrogens is 2. The topological polar surface area (TPSA) is 77.0 Å². The van der Waals surface area contributed by atoms with Crippen LogP contribution in [-0.2, 0) is 19.0 Å². The number of amides is 1. The summed E-state index contributed by atoms with van der Waals surface area (Å²) in [6.07, 6.45) is 1.83. The lowest BCUT2D eigenvalue weighted by atomic mass is 9.92. The maximum absolute atomic E-state index is 13.0. The molecule has 3 fully saturated rings. The summed E-state index contributed by atoms with van der Waals surface area (Å²) < 4.78 is 17.7. The van der Waals surface area contributed by atoms with Gasteiger partial charge in [0, 0.05) is 44.6 Å². The van der Waals surface area contributed by atoms with E-state index in [2.05, 4.69) is 21.8 Å². The third kappa shape index (κ3) is 4.25. The highest BCUT2D eigenvalue weighted by Gasteiger charge is 2.48. The van der Waals surface area contributed by atoms with Gasteiger partial charge in [-0.15, -0.1) is 0 Å². The van der Waals surface area contributed by atoms with Crippen LogP contribution in [0.3, 0.4) is 0 Å². The number of nitrogens with zero attached hydrogens (tertiary/aromatic N) is 4. The minimum atomic E-state index is -0.476. The van der Waals surface area contributed by atoms with E-state index < -0.39 is 11.7 Å². The van der Waals surface area contributed by atoms with Crippen LogP contribution in [0.2, 0.25) is 0 Å². The summed E-state index contributed by atoms with van der Waals surface area (Å²) in [7, 11) is 1.74. The monoisotopic (exact) mass is 404 g/mol. The van der Waals surface area contributed by atoms with Crippen molar-refractivity contribution < 1.29 is 19.0 Å². The fourth-order valence-corrected chi connectivity index (χ4v) is 4.55. The van der Waals surface area contributed by atoms with Crippen LogP contribution in [0, 0.1) is 13.8 Å². The van der Waals surface area contributed by atoms with E-state index in [0.717, 1.165) is 36.7 Å². The Morgan fingerprint density at radius 3 is 2.55 bits per heavy atom. The molecule has 160 valence electrons. The highest BCUT2D eigenvalue weighted by Crippen LogP contribution is 2.34. The van der Waals surface area contributed by atoms with Crippen LogP contribution < -0.4 is 4.90 Å². The molecule has 29 heavy (non-hydrogen) atoms. The first kappa shape index (κ1) is 20.5. The molecule has 2 unspecified atom stereocenters. The predicted molar refractivity (Wildman–Crippen MR) is 108 cm³/mol. The van der Waals surface area contributed by atoms with Crippen LogP contribution >= 0.6 is 0 Å². The zero-order valence-corrected chi connectivity index (χ0v) is 17.9. The van der Waals surface area contributed by atoms with Gasteiger partial charge in [-0.3, -0.25) is 4.79 Å². The molecular formula is C21H32N4O4. The van der Waals surface area contributed by atoms with Crippen LogP contribution in [0.4, 0.5) is 5.95 Å². The van der Waals surface area contributed by atoms with E-state index in [1.165, 1.54) is 0 Å². The van der Waals surface area contributed by atoms with Gasteiger partial charge in [-0.05, 0) is 39.7 Å². The largest absolute Gasteiger partial charge is 0.378 e. The van der Waals surface area contributed by atoms with Crippen molar-refractivity contribution in [3.8, 4) is 0 Å². The Morgan fingerprint density at radius 2 is 1.90 bits per heavy atom. The maximum Gasteiger partial charge on any atom is 0.251 e. The maximum atomic E-state index is 13.0. The minimum absolute atomic E-state index is 0.0726. The van der Waals surface area contributed by atoms with E-state index in [1.807, 2.05) is 24.8 Å². The van der Waals surface area contributed by atoms with Gasteiger partial charge in [0.1, 0.15) is 11.7 Å². The number of aryl methyl sites for hydroxylation is 2. The fourth-order valence-electron chi connectivity index (χ4n) is 4.55. The Bertz CT molecular complexity index is 745. The smallest absolute Gasteiger partial charge is 0.251 e. The molecule has 0 aliphatic carbocycles. The van der Waals surface area contributed by atoms with Crippen molar-refractivity contribution in [1.82, 2.24) is 14.9 Å². The number of rotatable bonds is 3. The van der Waals surface area contributed by atoms with E-state index in [9.17, 15) is 4.79 Å². The molecule has 0 N–H and O–H groups in total. The van der Waals surface area contributed by atoms with Crippen LogP contribution in [-0.4, -0.2) is 84.6 Å². The summed E-state index contributed by atoms with van der Waals surface area (Å²) >= 11 is 0. The van der Waals surface area contributed by atoms with Gasteiger partial charge in [0.15, 0.2) is 0 Å². The molecule has 1 aromatic rings. The third-order valence-corrected chi connectivity index (χ3v) is 6.51. The lowest BCUT2D eigenvalue weighted by Crippen LogP contribution is -2.54. The summed E-state index contributed by atoms with van der Waals surface area (Å²) in [6, 6.07) is 1.97. The Morgan fingerprint density at radius 1 is 1.21 bits per heavy atom. The van der Waals surface area contributed by atoms with Gasteiger partial charge in [-0.1, -0.05) is 0 Å². The van der Waals surface area contributed by atoms with Crippen molar-refractivity contribution >= 4 is 11.9 Å². The highest BCUT2D eigenvalue weighted by molar-refractivity contribution is 5.81. The van der Waals surface area contributed by atoms with E-state index in [4.69, 9.17) is 14.2 Å². The average molecular weight is 405 g/mol. The zero-order chi connectivity index (χ0) is 20.6. The fraction of sp³-hybridized carbons (Fsp3) is 0.762. The number of anilines is 1. The molecule has 2 atom stereocenters. The number of likely N-dealkylation sites (tertiary alicyclic amines) is 1. The second kappa shape index (κ2) is 7.81. The molecule has 1 spiro atoms. The first-order valence-electron chi connectivity index (χ1n) is 10.5. The van der Waals surface area contributed by atoms with E-state index in [0.29, 0.717) is 39.3 Å². The Kier molecular flexibility index (Phi) is 5.52. The molecule has 1 amide bonds. The van der Waals surface area contributed by atoms with Gasteiger partial charge >= 0.3 is 0 Å². The van der Waals surface area contributed by atoms with Crippen LogP contribution in [0.5, 0.6) is 0 Å². The Hall–Kier alpha value is -1.77. The van der Waals surface area contributed by atoms with Gasteiger partial charge in [0.25, 0.3) is 5.91 Å². The van der Waals surface area contributed by atoms with Crippen molar-refractivity contribution in [2.75, 3.05) is 51.4 Å². The Balaban J connectivity index is 1.40. The number of hydrogen-bond donors (Lipinski definition) is 0. The van der Waals surface area contributed by atoms with Crippen LogP contribution in [0.1, 0.15) is 37.6 Å². The molecule has 0 saturated carbocycles. The summed E-state index contributed by atoms with van der Waals surface area (Å²) in [6.45, 7) is 9.87. The molecule has 0 radical (unpaired) electrons. The van der Waals surface area contributed by atoms with Gasteiger partial charge in [-0.2, -0.15) is 0 Å². The average Bonchev–Trinajstić information content (AvgIpc) is 3.10. The number of morpholine rings is 1. The standard InChI is InChI=1S/C21H32N4O4/c1-15-11-16(2)23-19(22-15)25-9-10-29-21(13-25)12-17(28-14-21)18(26)24-7-5-20(3,27-4)6-8-24/h11,17H,5-10,12-14H2,1-4H3. The summed E-state index contributed by atoms with van der Waals surface area (Å²) in [5, 5.41) is 0. The van der Waals surface area contributed by atoms with Gasteiger partial charge in [0.2, 0.25) is 5.95 Å². The van der Waals surface area contributed by atoms with E-state index >= 15 is 0 Å². The lowest BCUT2D eigenvalue weighted by molar-refractivity contribution is -0.145. The van der Waals surface area contributed by atoms with Crippen molar-refractivity contribution in [3.05, 3.63) is 17.5 Å². The molecule has 0 aromatic carbocycles. The molecule has 4 rings (SSSR count). The van der Waals surface area contributed by atoms with Crippen molar-refractivity contribution in [2.45, 2.75) is 57.3 Å². The zero-order valence-electron chi connectivity index (χ0n) is 17.9. The normalized spacial score (nSPS) is 29.4. The first-order chi connectivity index (χ1) is 13.8. The molecule has 0 bridgehead atoms. The molecule has 8 nitrogen and oxygen atoms in total. The summed E-state index contributed by atoms with van der Waals surface area (Å²) in [5.41, 5.74) is 1.30. The molecule has 3 aliphatic rings. The second-order valence-corrected chi connectivity index (χ2v) is 8.89. The quantitative estimate of drug-likeness (QED) is 0.755. The number of piperidine rings is 1.